The number of ether oxygens (including phenoxy) is 3. The molecule has 2 atom stereocenters. The number of esters is 2. The molecule has 0 aromatic rings. The molecule has 0 rings (SSSR count). The molecule has 0 amide bonds. The van der Waals surface area contributed by atoms with Crippen molar-refractivity contribution in [3.8, 4) is 0 Å². The second kappa shape index (κ2) is 48.9. The van der Waals surface area contributed by atoms with Crippen LogP contribution in [0.3, 0.4) is 0 Å². The first kappa shape index (κ1) is 63.5. The molecule has 0 saturated carbocycles. The van der Waals surface area contributed by atoms with Crippen LogP contribution in [0.25, 0.3) is 0 Å². The van der Waals surface area contributed by atoms with E-state index < -0.39 is 18.1 Å². The lowest BCUT2D eigenvalue weighted by Gasteiger charge is -2.34. The van der Waals surface area contributed by atoms with Crippen LogP contribution in [-0.2, 0) is 28.6 Å². The predicted octanol–water partition coefficient (Wildman–Crippen LogP) is 14.7. The van der Waals surface area contributed by atoms with Crippen molar-refractivity contribution >= 4 is 17.9 Å². The molecule has 384 valence electrons. The fourth-order valence-electron chi connectivity index (χ4n) is 7.53. The molecule has 8 nitrogen and oxygen atoms in total. The van der Waals surface area contributed by atoms with Gasteiger partial charge in [0, 0.05) is 19.3 Å². The summed E-state index contributed by atoms with van der Waals surface area (Å²) >= 11 is 0. The number of rotatable bonds is 48. The minimum Gasteiger partial charge on any atom is -0.544 e. The van der Waals surface area contributed by atoms with Gasteiger partial charge in [-0.3, -0.25) is 9.59 Å². The van der Waals surface area contributed by atoms with E-state index in [1.54, 1.807) is 21.1 Å². The first-order valence-corrected chi connectivity index (χ1v) is 27.1. The number of carboxylic acid groups (broad SMARTS) is 1. The third-order valence-corrected chi connectivity index (χ3v) is 11.8. The van der Waals surface area contributed by atoms with Gasteiger partial charge >= 0.3 is 11.9 Å². The summed E-state index contributed by atoms with van der Waals surface area (Å²) in [4.78, 5) is 37.1. The minimum atomic E-state index is -1.14. The van der Waals surface area contributed by atoms with Crippen LogP contribution >= 0.6 is 0 Å². The van der Waals surface area contributed by atoms with Gasteiger partial charge in [-0.2, -0.15) is 0 Å². The molecule has 67 heavy (non-hydrogen) atoms. The zero-order chi connectivity index (χ0) is 49.2. The first-order valence-electron chi connectivity index (χ1n) is 27.1. The van der Waals surface area contributed by atoms with Crippen LogP contribution < -0.4 is 5.11 Å². The van der Waals surface area contributed by atoms with Gasteiger partial charge < -0.3 is 28.6 Å². The topological polar surface area (TPSA) is 102 Å². The van der Waals surface area contributed by atoms with Crippen molar-refractivity contribution in [2.24, 2.45) is 0 Å². The molecule has 0 aromatic carbocycles. The molecule has 0 heterocycles. The molecule has 0 aliphatic heterocycles. The van der Waals surface area contributed by atoms with Crippen molar-refractivity contribution in [1.82, 2.24) is 0 Å². The summed E-state index contributed by atoms with van der Waals surface area (Å²) in [5.41, 5.74) is 0. The summed E-state index contributed by atoms with van der Waals surface area (Å²) in [6, 6.07) is -0.741. The van der Waals surface area contributed by atoms with E-state index in [2.05, 4.69) is 98.9 Å². The predicted molar refractivity (Wildman–Crippen MR) is 282 cm³/mol. The Morgan fingerprint density at radius 2 is 0.791 bits per heavy atom. The second-order valence-corrected chi connectivity index (χ2v) is 19.1. The molecule has 0 aliphatic rings. The molecule has 0 aromatic heterocycles. The number of aliphatic carboxylic acids is 1. The highest BCUT2D eigenvalue weighted by Gasteiger charge is 2.25. The Bertz CT molecular complexity index is 1370. The number of hydrogen-bond donors (Lipinski definition) is 0. The second-order valence-electron chi connectivity index (χ2n) is 19.1. The Morgan fingerprint density at radius 3 is 1.22 bits per heavy atom. The summed E-state index contributed by atoms with van der Waals surface area (Å²) < 4.78 is 17.2. The lowest BCUT2D eigenvalue weighted by Crippen LogP contribution is -2.55. The number of unbranched alkanes of at least 4 members (excludes halogenated alkanes) is 20. The number of allylic oxidation sites excluding steroid dienone is 14. The summed E-state index contributed by atoms with van der Waals surface area (Å²) in [5, 5.41) is 11.7. The van der Waals surface area contributed by atoms with Gasteiger partial charge in [0.15, 0.2) is 6.10 Å². The Kier molecular flexibility index (Phi) is 46.4. The number of nitrogens with zero attached hydrogens (tertiary/aromatic N) is 1. The quantitative estimate of drug-likeness (QED) is 0.0259. The summed E-state index contributed by atoms with van der Waals surface area (Å²) in [6.07, 6.45) is 64.8. The van der Waals surface area contributed by atoms with Crippen LogP contribution in [0, 0.1) is 0 Å². The van der Waals surface area contributed by atoms with Gasteiger partial charge in [-0.15, -0.1) is 0 Å². The zero-order valence-corrected chi connectivity index (χ0v) is 43.8. The van der Waals surface area contributed by atoms with E-state index >= 15 is 0 Å². The number of carbonyl (C=O) groups is 3. The van der Waals surface area contributed by atoms with E-state index in [1.165, 1.54) is 109 Å². The van der Waals surface area contributed by atoms with Crippen LogP contribution in [-0.4, -0.2) is 75.5 Å². The normalized spacial score (nSPS) is 13.5. The lowest BCUT2D eigenvalue weighted by molar-refractivity contribution is -0.889. The van der Waals surface area contributed by atoms with Crippen molar-refractivity contribution in [1.29, 1.82) is 0 Å². The highest BCUT2D eigenvalue weighted by Crippen LogP contribution is 2.14. The maximum Gasteiger partial charge on any atom is 0.306 e. The molecular weight excluding hydrogens is 835 g/mol. The number of likely N-dealkylation sites (N-methyl/N-ethyl adjacent to an activating group) is 1. The van der Waals surface area contributed by atoms with Crippen LogP contribution in [0.2, 0.25) is 0 Å². The van der Waals surface area contributed by atoms with Crippen molar-refractivity contribution in [3.05, 3.63) is 85.1 Å². The fourth-order valence-corrected chi connectivity index (χ4v) is 7.53. The number of carboxylic acids is 1. The van der Waals surface area contributed by atoms with E-state index in [-0.39, 0.29) is 49.1 Å². The van der Waals surface area contributed by atoms with Gasteiger partial charge in [0.05, 0.1) is 40.3 Å². The molecular formula is C59H101NO7. The monoisotopic (exact) mass is 936 g/mol. The largest absolute Gasteiger partial charge is 0.544 e. The van der Waals surface area contributed by atoms with Crippen LogP contribution in [0.4, 0.5) is 0 Å². The maximum atomic E-state index is 12.8. The molecule has 0 spiro atoms. The van der Waals surface area contributed by atoms with Gasteiger partial charge in [0.2, 0.25) is 0 Å². The van der Waals surface area contributed by atoms with Gasteiger partial charge in [-0.1, -0.05) is 189 Å². The van der Waals surface area contributed by atoms with Gasteiger partial charge in [-0.05, 0) is 96.3 Å². The van der Waals surface area contributed by atoms with Crippen molar-refractivity contribution in [2.45, 2.75) is 231 Å². The van der Waals surface area contributed by atoms with Crippen LogP contribution in [0.15, 0.2) is 85.1 Å². The van der Waals surface area contributed by atoms with Crippen molar-refractivity contribution < 1.29 is 38.2 Å². The molecule has 0 radical (unpaired) electrons. The standard InChI is InChI=1S/C59H101NO7/c1-6-8-10-12-14-16-18-20-22-24-26-28-30-31-33-35-37-39-41-43-45-47-49-57(61)66-54-55(53-65-52-51-56(59(63)64)60(3,4)5)67-58(62)50-48-46-44-42-40-38-36-34-32-29-27-25-23-21-19-17-15-13-11-9-7-2/h15,17,21,23-24,26-27,29-31,34,36,40,42,55-56H,6-14,16,18-20,22,25,28,32-33,35,37-39,41,43-54H2,1-5H3/b17-15+,23-21+,26-24+,29-27+,31-30+,36-34+,42-40+. The van der Waals surface area contributed by atoms with E-state index in [9.17, 15) is 19.5 Å². The molecule has 0 N–H and O–H groups in total. The fraction of sp³-hybridized carbons (Fsp3) is 0.712. The minimum absolute atomic E-state index is 0.0163. The molecule has 0 bridgehead atoms. The zero-order valence-electron chi connectivity index (χ0n) is 43.8. The Labute approximate surface area is 412 Å². The summed E-state index contributed by atoms with van der Waals surface area (Å²) in [6.45, 7) is 4.59. The van der Waals surface area contributed by atoms with Crippen molar-refractivity contribution in [2.75, 3.05) is 41.0 Å². The third-order valence-electron chi connectivity index (χ3n) is 11.8. The van der Waals surface area contributed by atoms with E-state index in [1.807, 2.05) is 0 Å². The molecule has 0 fully saturated rings. The molecule has 2 unspecified atom stereocenters. The Balaban J connectivity index is 4.33. The Morgan fingerprint density at radius 1 is 0.448 bits per heavy atom. The SMILES string of the molecule is CCCCC/C=C/C/C=C/C/C=C/C/C=C/C/C=C/CCCCC(=O)OC(COCCC(C(=O)[O-])[N+](C)(C)C)COC(=O)CCCCCCCCC/C=C/C/C=C/CCCCCCCCCC. The highest BCUT2D eigenvalue weighted by molar-refractivity contribution is 5.70. The first-order chi connectivity index (χ1) is 32.6. The average molecular weight is 936 g/mol. The van der Waals surface area contributed by atoms with E-state index in [0.717, 1.165) is 70.6 Å². The van der Waals surface area contributed by atoms with Crippen molar-refractivity contribution in [3.63, 3.8) is 0 Å². The number of hydrogen-bond acceptors (Lipinski definition) is 7. The van der Waals surface area contributed by atoms with E-state index in [0.29, 0.717) is 12.8 Å². The summed E-state index contributed by atoms with van der Waals surface area (Å²) in [7, 11) is 5.39. The van der Waals surface area contributed by atoms with Crippen LogP contribution in [0.1, 0.15) is 219 Å². The molecule has 0 aliphatic carbocycles. The number of quaternary nitrogens is 1. The van der Waals surface area contributed by atoms with E-state index in [4.69, 9.17) is 14.2 Å². The lowest BCUT2D eigenvalue weighted by atomic mass is 10.1. The third kappa shape index (κ3) is 47.4. The smallest absolute Gasteiger partial charge is 0.306 e. The Hall–Kier alpha value is -3.49. The molecule has 8 heteroatoms. The number of carbonyl (C=O) groups excluding carboxylic acids is 3. The van der Waals surface area contributed by atoms with Gasteiger partial charge in [-0.25, -0.2) is 0 Å². The average Bonchev–Trinajstić information content (AvgIpc) is 3.29. The maximum absolute atomic E-state index is 12.8. The van der Waals surface area contributed by atoms with Crippen LogP contribution in [0.5, 0.6) is 0 Å². The van der Waals surface area contributed by atoms with Gasteiger partial charge in [0.1, 0.15) is 12.6 Å². The highest BCUT2D eigenvalue weighted by atomic mass is 16.6. The summed E-state index contributed by atoms with van der Waals surface area (Å²) in [5.74, 6) is -1.80. The molecule has 0 saturated heterocycles. The van der Waals surface area contributed by atoms with Gasteiger partial charge in [0.25, 0.3) is 0 Å².